The number of piperidine rings is 1. The fourth-order valence-electron chi connectivity index (χ4n) is 3.89. The summed E-state index contributed by atoms with van der Waals surface area (Å²) in [5.74, 6) is -1.60. The van der Waals surface area contributed by atoms with Crippen LogP contribution in [0.15, 0.2) is 41.3 Å². The zero-order valence-corrected chi connectivity index (χ0v) is 18.3. The maximum atomic E-state index is 13.5. The highest BCUT2D eigenvalue weighted by molar-refractivity contribution is 7.89. The van der Waals surface area contributed by atoms with E-state index in [1.54, 1.807) is 13.0 Å². The number of halogens is 2. The van der Waals surface area contributed by atoms with Crippen molar-refractivity contribution >= 4 is 15.9 Å². The van der Waals surface area contributed by atoms with Crippen molar-refractivity contribution in [1.29, 1.82) is 0 Å². The molecule has 7 nitrogen and oxygen atoms in total. The standard InChI is InChI=1S/C22H24F2N2O5S/c1-14(16-2-4-18(23)19(24)12-16)25-22(27)15-6-8-26(9-7-15)32(28,29)17-3-5-20-21(13-17)31-11-10-30-20/h2-5,12-15H,6-11H2,1H3,(H,25,27)/t14-/m1/s1. The van der Waals surface area contributed by atoms with Crippen molar-refractivity contribution in [3.63, 3.8) is 0 Å². The van der Waals surface area contributed by atoms with E-state index < -0.39 is 27.7 Å². The van der Waals surface area contributed by atoms with Crippen LogP contribution >= 0.6 is 0 Å². The summed E-state index contributed by atoms with van der Waals surface area (Å²) in [5, 5.41) is 2.81. The first-order valence-electron chi connectivity index (χ1n) is 10.4. The van der Waals surface area contributed by atoms with Crippen LogP contribution in [-0.4, -0.2) is 44.9 Å². The number of benzene rings is 2. The van der Waals surface area contributed by atoms with Crippen molar-refractivity contribution in [2.45, 2.75) is 30.7 Å². The van der Waals surface area contributed by atoms with Gasteiger partial charge in [-0.3, -0.25) is 4.79 Å². The number of sulfonamides is 1. The van der Waals surface area contributed by atoms with E-state index >= 15 is 0 Å². The van der Waals surface area contributed by atoms with Crippen LogP contribution in [0, 0.1) is 17.6 Å². The first-order chi connectivity index (χ1) is 15.3. The van der Waals surface area contributed by atoms with Crippen molar-refractivity contribution in [3.05, 3.63) is 53.6 Å². The fraction of sp³-hybridized carbons (Fsp3) is 0.409. The van der Waals surface area contributed by atoms with Gasteiger partial charge in [-0.1, -0.05) is 6.07 Å². The lowest BCUT2D eigenvalue weighted by Crippen LogP contribution is -2.43. The molecule has 2 aliphatic rings. The molecule has 1 atom stereocenters. The quantitative estimate of drug-likeness (QED) is 0.732. The minimum Gasteiger partial charge on any atom is -0.486 e. The summed E-state index contributed by atoms with van der Waals surface area (Å²) in [7, 11) is -3.73. The summed E-state index contributed by atoms with van der Waals surface area (Å²) in [6, 6.07) is 7.54. The Morgan fingerprint density at radius 3 is 2.41 bits per heavy atom. The van der Waals surface area contributed by atoms with Gasteiger partial charge in [0.05, 0.1) is 10.9 Å². The third-order valence-corrected chi connectivity index (χ3v) is 7.67. The van der Waals surface area contributed by atoms with Crippen molar-refractivity contribution in [2.75, 3.05) is 26.3 Å². The van der Waals surface area contributed by atoms with Gasteiger partial charge >= 0.3 is 0 Å². The molecule has 1 N–H and O–H groups in total. The smallest absolute Gasteiger partial charge is 0.243 e. The highest BCUT2D eigenvalue weighted by Gasteiger charge is 2.33. The molecule has 2 heterocycles. The molecule has 32 heavy (non-hydrogen) atoms. The number of hydrogen-bond acceptors (Lipinski definition) is 5. The number of amides is 1. The van der Waals surface area contributed by atoms with Crippen molar-refractivity contribution in [2.24, 2.45) is 5.92 Å². The van der Waals surface area contributed by atoms with Gasteiger partial charge in [-0.2, -0.15) is 4.31 Å². The van der Waals surface area contributed by atoms with E-state index in [9.17, 15) is 22.0 Å². The van der Waals surface area contributed by atoms with Gasteiger partial charge in [0.15, 0.2) is 23.1 Å². The van der Waals surface area contributed by atoms with E-state index in [4.69, 9.17) is 9.47 Å². The van der Waals surface area contributed by atoms with Gasteiger partial charge in [0.25, 0.3) is 0 Å². The molecule has 0 saturated carbocycles. The average molecular weight is 467 g/mol. The van der Waals surface area contributed by atoms with Crippen LogP contribution in [0.3, 0.4) is 0 Å². The van der Waals surface area contributed by atoms with Crippen LogP contribution in [0.4, 0.5) is 8.78 Å². The number of hydrogen-bond donors (Lipinski definition) is 1. The molecule has 10 heteroatoms. The number of ether oxygens (including phenoxy) is 2. The number of fused-ring (bicyclic) bond motifs is 1. The molecule has 0 radical (unpaired) electrons. The van der Waals surface area contributed by atoms with E-state index in [0.29, 0.717) is 43.1 Å². The molecule has 0 bridgehead atoms. The van der Waals surface area contributed by atoms with Gasteiger partial charge in [-0.25, -0.2) is 17.2 Å². The van der Waals surface area contributed by atoms with E-state index in [0.717, 1.165) is 12.1 Å². The average Bonchev–Trinajstić information content (AvgIpc) is 2.80. The van der Waals surface area contributed by atoms with Crippen LogP contribution in [0.25, 0.3) is 0 Å². The first kappa shape index (κ1) is 22.5. The van der Waals surface area contributed by atoms with E-state index in [2.05, 4.69) is 5.32 Å². The van der Waals surface area contributed by atoms with Crippen LogP contribution in [-0.2, 0) is 14.8 Å². The topological polar surface area (TPSA) is 84.9 Å². The van der Waals surface area contributed by atoms with Gasteiger partial charge < -0.3 is 14.8 Å². The highest BCUT2D eigenvalue weighted by Crippen LogP contribution is 2.34. The number of nitrogens with one attached hydrogen (secondary N) is 1. The third kappa shape index (κ3) is 4.56. The second kappa shape index (κ2) is 9.03. The molecule has 0 unspecified atom stereocenters. The minimum atomic E-state index is -3.73. The van der Waals surface area contributed by atoms with Crippen LogP contribution in [0.1, 0.15) is 31.4 Å². The molecule has 4 rings (SSSR count). The van der Waals surface area contributed by atoms with Gasteiger partial charge in [-0.05, 0) is 49.6 Å². The zero-order chi connectivity index (χ0) is 22.9. The molecule has 0 spiro atoms. The third-order valence-electron chi connectivity index (χ3n) is 5.78. The molecule has 0 aromatic heterocycles. The van der Waals surface area contributed by atoms with E-state index in [-0.39, 0.29) is 29.8 Å². The second-order valence-corrected chi connectivity index (χ2v) is 9.83. The van der Waals surface area contributed by atoms with Crippen molar-refractivity contribution in [3.8, 4) is 11.5 Å². The summed E-state index contributed by atoms with van der Waals surface area (Å²) in [5.41, 5.74) is 0.455. The molecule has 2 aromatic carbocycles. The fourth-order valence-corrected chi connectivity index (χ4v) is 5.37. The molecule has 1 saturated heterocycles. The predicted molar refractivity (Wildman–Crippen MR) is 112 cm³/mol. The minimum absolute atomic E-state index is 0.122. The molecular formula is C22H24F2N2O5S. The summed E-state index contributed by atoms with van der Waals surface area (Å²) in [4.78, 5) is 12.8. The molecule has 1 fully saturated rings. The summed E-state index contributed by atoms with van der Waals surface area (Å²) in [6.07, 6.45) is 0.722. The predicted octanol–water partition coefficient (Wildman–Crippen LogP) is 3.01. The summed E-state index contributed by atoms with van der Waals surface area (Å²) in [6.45, 7) is 2.87. The molecule has 2 aromatic rings. The summed E-state index contributed by atoms with van der Waals surface area (Å²) < 4.78 is 64.9. The summed E-state index contributed by atoms with van der Waals surface area (Å²) >= 11 is 0. The van der Waals surface area contributed by atoms with Crippen LogP contribution in [0.5, 0.6) is 11.5 Å². The lowest BCUT2D eigenvalue weighted by atomic mass is 9.96. The Kier molecular flexibility index (Phi) is 6.34. The Balaban J connectivity index is 1.37. The van der Waals surface area contributed by atoms with Gasteiger partial charge in [-0.15, -0.1) is 0 Å². The Morgan fingerprint density at radius 2 is 1.72 bits per heavy atom. The van der Waals surface area contributed by atoms with E-state index in [1.165, 1.54) is 22.5 Å². The highest BCUT2D eigenvalue weighted by atomic mass is 32.2. The Bertz CT molecular complexity index is 1120. The normalized spacial score (nSPS) is 18.2. The van der Waals surface area contributed by atoms with Crippen LogP contribution in [0.2, 0.25) is 0 Å². The lowest BCUT2D eigenvalue weighted by Gasteiger charge is -2.31. The maximum Gasteiger partial charge on any atom is 0.243 e. The second-order valence-electron chi connectivity index (χ2n) is 7.89. The molecule has 0 aliphatic carbocycles. The monoisotopic (exact) mass is 466 g/mol. The number of carbonyl (C=O) groups excluding carboxylic acids is 1. The van der Waals surface area contributed by atoms with Crippen LogP contribution < -0.4 is 14.8 Å². The number of rotatable bonds is 5. The van der Waals surface area contributed by atoms with E-state index in [1.807, 2.05) is 0 Å². The Morgan fingerprint density at radius 1 is 1.03 bits per heavy atom. The van der Waals surface area contributed by atoms with Gasteiger partial charge in [0.1, 0.15) is 13.2 Å². The number of nitrogens with zero attached hydrogens (tertiary/aromatic N) is 1. The molecule has 2 aliphatic heterocycles. The van der Waals surface area contributed by atoms with Crippen molar-refractivity contribution in [1.82, 2.24) is 9.62 Å². The van der Waals surface area contributed by atoms with Gasteiger partial charge in [0, 0.05) is 25.1 Å². The largest absolute Gasteiger partial charge is 0.486 e. The molecular weight excluding hydrogens is 442 g/mol. The van der Waals surface area contributed by atoms with Crippen molar-refractivity contribution < 1.29 is 31.5 Å². The molecule has 172 valence electrons. The van der Waals surface area contributed by atoms with Gasteiger partial charge in [0.2, 0.25) is 15.9 Å². The Hall–Kier alpha value is -2.72. The SMILES string of the molecule is C[C@@H](NC(=O)C1CCN(S(=O)(=O)c2ccc3c(c2)OCCO3)CC1)c1ccc(F)c(F)c1. The lowest BCUT2D eigenvalue weighted by molar-refractivity contribution is -0.126. The Labute approximate surface area is 185 Å². The number of carbonyl (C=O) groups is 1. The molecule has 1 amide bonds. The first-order valence-corrected chi connectivity index (χ1v) is 11.8. The maximum absolute atomic E-state index is 13.5. The zero-order valence-electron chi connectivity index (χ0n) is 17.5.